The van der Waals surface area contributed by atoms with Crippen LogP contribution in [0.4, 0.5) is 5.82 Å². The number of thiol groups is 1. The molecule has 0 aliphatic rings. The van der Waals surface area contributed by atoms with E-state index >= 15 is 0 Å². The summed E-state index contributed by atoms with van der Waals surface area (Å²) >= 11 is 3.99. The SMILES string of the molecule is CN(C(=O)CCS)c1ccc[nH]1. The Morgan fingerprint density at radius 2 is 2.50 bits per heavy atom. The molecular formula is C8H12N2OS. The van der Waals surface area contributed by atoms with Crippen molar-refractivity contribution in [3.05, 3.63) is 18.3 Å². The summed E-state index contributed by atoms with van der Waals surface area (Å²) in [6.45, 7) is 0. The third-order valence-corrected chi connectivity index (χ3v) is 1.87. The Labute approximate surface area is 77.2 Å². The van der Waals surface area contributed by atoms with Gasteiger partial charge in [-0.15, -0.1) is 0 Å². The van der Waals surface area contributed by atoms with Crippen LogP contribution in [0.15, 0.2) is 18.3 Å². The topological polar surface area (TPSA) is 36.1 Å². The molecule has 0 saturated carbocycles. The van der Waals surface area contributed by atoms with Gasteiger partial charge in [0.25, 0.3) is 0 Å². The molecule has 0 radical (unpaired) electrons. The molecule has 0 unspecified atom stereocenters. The average molecular weight is 184 g/mol. The van der Waals surface area contributed by atoms with Crippen LogP contribution in [0.5, 0.6) is 0 Å². The molecule has 0 aromatic carbocycles. The van der Waals surface area contributed by atoms with E-state index in [9.17, 15) is 4.79 Å². The number of H-pyrrole nitrogens is 1. The summed E-state index contributed by atoms with van der Waals surface area (Å²) in [6.07, 6.45) is 2.26. The molecule has 0 saturated heterocycles. The van der Waals surface area contributed by atoms with Gasteiger partial charge in [0.05, 0.1) is 0 Å². The maximum Gasteiger partial charge on any atom is 0.228 e. The smallest absolute Gasteiger partial charge is 0.228 e. The van der Waals surface area contributed by atoms with Gasteiger partial charge in [0.1, 0.15) is 5.82 Å². The summed E-state index contributed by atoms with van der Waals surface area (Å²) in [5.41, 5.74) is 0. The van der Waals surface area contributed by atoms with Crippen molar-refractivity contribution in [1.29, 1.82) is 0 Å². The summed E-state index contributed by atoms with van der Waals surface area (Å²) in [4.78, 5) is 15.8. The minimum atomic E-state index is 0.0763. The second-order valence-electron chi connectivity index (χ2n) is 2.48. The number of aromatic nitrogens is 1. The van der Waals surface area contributed by atoms with Crippen molar-refractivity contribution >= 4 is 24.4 Å². The average Bonchev–Trinajstić information content (AvgIpc) is 2.55. The van der Waals surface area contributed by atoms with Gasteiger partial charge in [-0.3, -0.25) is 4.79 Å². The number of nitrogens with zero attached hydrogens (tertiary/aromatic N) is 1. The van der Waals surface area contributed by atoms with Crippen LogP contribution in [0.1, 0.15) is 6.42 Å². The molecule has 0 atom stereocenters. The molecule has 1 heterocycles. The van der Waals surface area contributed by atoms with Crippen LogP contribution in [-0.4, -0.2) is 23.7 Å². The van der Waals surface area contributed by atoms with Crippen LogP contribution in [0.2, 0.25) is 0 Å². The maximum atomic E-state index is 11.3. The Hall–Kier alpha value is -0.900. The maximum absolute atomic E-state index is 11.3. The normalized spacial score (nSPS) is 9.83. The van der Waals surface area contributed by atoms with E-state index < -0.39 is 0 Å². The highest BCUT2D eigenvalue weighted by Gasteiger charge is 2.09. The monoisotopic (exact) mass is 184 g/mol. The molecule has 0 spiro atoms. The molecule has 12 heavy (non-hydrogen) atoms. The van der Waals surface area contributed by atoms with E-state index in [4.69, 9.17) is 0 Å². The molecule has 0 aliphatic heterocycles. The van der Waals surface area contributed by atoms with Crippen LogP contribution in [0.3, 0.4) is 0 Å². The molecule has 0 fully saturated rings. The van der Waals surface area contributed by atoms with Gasteiger partial charge in [-0.1, -0.05) is 0 Å². The predicted molar refractivity (Wildman–Crippen MR) is 52.7 cm³/mol. The summed E-state index contributed by atoms with van der Waals surface area (Å²) in [6, 6.07) is 3.72. The van der Waals surface area contributed by atoms with Gasteiger partial charge in [0.2, 0.25) is 5.91 Å². The fourth-order valence-corrected chi connectivity index (χ4v) is 1.12. The van der Waals surface area contributed by atoms with Crippen LogP contribution >= 0.6 is 12.6 Å². The summed E-state index contributed by atoms with van der Waals surface area (Å²) < 4.78 is 0. The number of anilines is 1. The third-order valence-electron chi connectivity index (χ3n) is 1.64. The largest absolute Gasteiger partial charge is 0.348 e. The Balaban J connectivity index is 2.59. The van der Waals surface area contributed by atoms with Crippen LogP contribution in [-0.2, 0) is 4.79 Å². The fourth-order valence-electron chi connectivity index (χ4n) is 0.927. The summed E-state index contributed by atoms with van der Waals surface area (Å²) in [5.74, 6) is 1.48. The van der Waals surface area contributed by atoms with E-state index in [1.165, 1.54) is 0 Å². The molecule has 3 nitrogen and oxygen atoms in total. The molecule has 1 amide bonds. The first kappa shape index (κ1) is 9.19. The van der Waals surface area contributed by atoms with E-state index in [1.807, 2.05) is 12.1 Å². The first-order valence-electron chi connectivity index (χ1n) is 3.76. The molecule has 4 heteroatoms. The van der Waals surface area contributed by atoms with Crippen molar-refractivity contribution in [3.8, 4) is 0 Å². The van der Waals surface area contributed by atoms with Crippen molar-refractivity contribution in [2.75, 3.05) is 17.7 Å². The molecule has 1 aromatic heterocycles. The lowest BCUT2D eigenvalue weighted by Gasteiger charge is -2.13. The Kier molecular flexibility index (Phi) is 3.22. The molecule has 1 aromatic rings. The zero-order valence-corrected chi connectivity index (χ0v) is 7.84. The van der Waals surface area contributed by atoms with Crippen molar-refractivity contribution in [2.45, 2.75) is 6.42 Å². The van der Waals surface area contributed by atoms with E-state index in [0.717, 1.165) is 5.82 Å². The van der Waals surface area contributed by atoms with Crippen molar-refractivity contribution in [2.24, 2.45) is 0 Å². The fraction of sp³-hybridized carbons (Fsp3) is 0.375. The lowest BCUT2D eigenvalue weighted by molar-refractivity contribution is -0.117. The Bertz CT molecular complexity index is 246. The molecule has 1 rings (SSSR count). The second kappa shape index (κ2) is 4.21. The van der Waals surface area contributed by atoms with Crippen LogP contribution < -0.4 is 4.90 Å². The Morgan fingerprint density at radius 1 is 1.75 bits per heavy atom. The molecule has 66 valence electrons. The predicted octanol–water partition coefficient (Wildman–Crippen LogP) is 1.30. The lowest BCUT2D eigenvalue weighted by atomic mass is 10.4. The first-order chi connectivity index (χ1) is 5.75. The van der Waals surface area contributed by atoms with Gasteiger partial charge in [0, 0.05) is 19.7 Å². The van der Waals surface area contributed by atoms with Gasteiger partial charge >= 0.3 is 0 Å². The Morgan fingerprint density at radius 3 is 3.00 bits per heavy atom. The van der Waals surface area contributed by atoms with Crippen molar-refractivity contribution in [1.82, 2.24) is 4.98 Å². The lowest BCUT2D eigenvalue weighted by Crippen LogP contribution is -2.26. The van der Waals surface area contributed by atoms with Gasteiger partial charge < -0.3 is 9.88 Å². The van der Waals surface area contributed by atoms with Gasteiger partial charge in [-0.05, 0) is 17.9 Å². The minimum absolute atomic E-state index is 0.0763. The number of carbonyl (C=O) groups excluding carboxylic acids is 1. The highest BCUT2D eigenvalue weighted by Crippen LogP contribution is 2.08. The number of nitrogens with one attached hydrogen (secondary N) is 1. The summed E-state index contributed by atoms with van der Waals surface area (Å²) in [7, 11) is 1.75. The first-order valence-corrected chi connectivity index (χ1v) is 4.39. The highest BCUT2D eigenvalue weighted by molar-refractivity contribution is 7.80. The highest BCUT2D eigenvalue weighted by atomic mass is 32.1. The number of aromatic amines is 1. The zero-order chi connectivity index (χ0) is 8.97. The van der Waals surface area contributed by atoms with Crippen molar-refractivity contribution in [3.63, 3.8) is 0 Å². The standard InChI is InChI=1S/C8H12N2OS/c1-10(8(11)4-6-12)7-3-2-5-9-7/h2-3,5,9,12H,4,6H2,1H3. The summed E-state index contributed by atoms with van der Waals surface area (Å²) in [5, 5.41) is 0. The number of carbonyl (C=O) groups is 1. The number of amides is 1. The van der Waals surface area contributed by atoms with Crippen LogP contribution in [0, 0.1) is 0 Å². The minimum Gasteiger partial charge on any atom is -0.348 e. The number of rotatable bonds is 3. The number of hydrogen-bond acceptors (Lipinski definition) is 2. The van der Waals surface area contributed by atoms with Gasteiger partial charge in [-0.2, -0.15) is 12.6 Å². The molecule has 0 aliphatic carbocycles. The van der Waals surface area contributed by atoms with E-state index in [-0.39, 0.29) is 5.91 Å². The zero-order valence-electron chi connectivity index (χ0n) is 6.95. The molecule has 1 N–H and O–H groups in total. The third kappa shape index (κ3) is 2.04. The number of hydrogen-bond donors (Lipinski definition) is 2. The van der Waals surface area contributed by atoms with E-state index in [0.29, 0.717) is 12.2 Å². The molecule has 0 bridgehead atoms. The second-order valence-corrected chi connectivity index (χ2v) is 2.93. The van der Waals surface area contributed by atoms with Crippen molar-refractivity contribution < 1.29 is 4.79 Å². The quantitative estimate of drug-likeness (QED) is 0.682. The van der Waals surface area contributed by atoms with E-state index in [2.05, 4.69) is 17.6 Å². The van der Waals surface area contributed by atoms with E-state index in [1.54, 1.807) is 18.1 Å². The van der Waals surface area contributed by atoms with Gasteiger partial charge in [0.15, 0.2) is 0 Å². The van der Waals surface area contributed by atoms with Gasteiger partial charge in [-0.25, -0.2) is 0 Å². The molecular weight excluding hydrogens is 172 g/mol. The van der Waals surface area contributed by atoms with Crippen LogP contribution in [0.25, 0.3) is 0 Å².